The van der Waals surface area contributed by atoms with Gasteiger partial charge >= 0.3 is 6.09 Å². The number of benzene rings is 1. The van der Waals surface area contributed by atoms with Crippen LogP contribution in [0.25, 0.3) is 0 Å². The lowest BCUT2D eigenvalue weighted by Crippen LogP contribution is -2.38. The minimum Gasteiger partial charge on any atom is -0.497 e. The van der Waals surface area contributed by atoms with Crippen molar-refractivity contribution in [1.29, 1.82) is 0 Å². The summed E-state index contributed by atoms with van der Waals surface area (Å²) in [5.74, 6) is 1.60. The molecule has 1 aromatic carbocycles. The number of likely N-dealkylation sites (tertiary alicyclic amines) is 1. The average Bonchev–Trinajstić information content (AvgIpc) is 3.34. The standard InChI is InChI=1S/C24H30N2O4/c1-14-20(15(2)30-25-14)22-21(16-10-12-17(28-6)13-11-16)18-8-7-9-19(18)26(22)23(27)29-24(3,4)5/h10-13,21-22H,7-9H2,1-6H3. The average molecular weight is 411 g/mol. The minimum absolute atomic E-state index is 0.0396. The lowest BCUT2D eigenvalue weighted by Gasteiger charge is -2.33. The maximum Gasteiger partial charge on any atom is 0.415 e. The van der Waals surface area contributed by atoms with Crippen LogP contribution in [-0.4, -0.2) is 28.9 Å². The fourth-order valence-electron chi connectivity index (χ4n) is 4.81. The van der Waals surface area contributed by atoms with Crippen molar-refractivity contribution in [2.24, 2.45) is 0 Å². The Labute approximate surface area is 177 Å². The molecule has 2 unspecified atom stereocenters. The zero-order chi connectivity index (χ0) is 21.6. The Hall–Kier alpha value is -2.76. The molecule has 0 N–H and O–H groups in total. The maximum atomic E-state index is 13.4. The number of hydrogen-bond donors (Lipinski definition) is 0. The van der Waals surface area contributed by atoms with Crippen LogP contribution in [0.2, 0.25) is 0 Å². The summed E-state index contributed by atoms with van der Waals surface area (Å²) < 4.78 is 16.7. The van der Waals surface area contributed by atoms with Gasteiger partial charge in [0, 0.05) is 17.2 Å². The SMILES string of the molecule is COc1ccc(C2C3=C(CCC3)N(C(=O)OC(C)(C)C)C2c2c(C)noc2C)cc1. The fourth-order valence-corrected chi connectivity index (χ4v) is 4.81. The summed E-state index contributed by atoms with van der Waals surface area (Å²) >= 11 is 0. The highest BCUT2D eigenvalue weighted by atomic mass is 16.6. The number of amides is 1. The van der Waals surface area contributed by atoms with E-state index < -0.39 is 5.60 Å². The van der Waals surface area contributed by atoms with Crippen molar-refractivity contribution in [3.8, 4) is 5.75 Å². The highest BCUT2D eigenvalue weighted by molar-refractivity contribution is 5.74. The van der Waals surface area contributed by atoms with Crippen LogP contribution in [0.1, 0.15) is 74.6 Å². The number of nitrogens with zero attached hydrogens (tertiary/aromatic N) is 2. The second-order valence-electron chi connectivity index (χ2n) is 9.11. The summed E-state index contributed by atoms with van der Waals surface area (Å²) in [6, 6.07) is 7.91. The van der Waals surface area contributed by atoms with Crippen molar-refractivity contribution >= 4 is 6.09 Å². The Balaban J connectivity index is 1.85. The lowest BCUT2D eigenvalue weighted by molar-refractivity contribution is 0.0245. The Morgan fingerprint density at radius 1 is 1.17 bits per heavy atom. The van der Waals surface area contributed by atoms with E-state index in [4.69, 9.17) is 14.0 Å². The van der Waals surface area contributed by atoms with Crippen LogP contribution in [0.4, 0.5) is 4.79 Å². The molecule has 2 atom stereocenters. The zero-order valence-electron chi connectivity index (χ0n) is 18.6. The monoisotopic (exact) mass is 410 g/mol. The number of carbonyl (C=O) groups excluding carboxylic acids is 1. The molecule has 1 aliphatic heterocycles. The third-order valence-electron chi connectivity index (χ3n) is 5.94. The molecule has 6 nitrogen and oxygen atoms in total. The molecule has 0 saturated heterocycles. The molecule has 30 heavy (non-hydrogen) atoms. The Morgan fingerprint density at radius 2 is 1.87 bits per heavy atom. The molecule has 4 rings (SSSR count). The number of aromatic nitrogens is 1. The van der Waals surface area contributed by atoms with Gasteiger partial charge in [0.15, 0.2) is 0 Å². The first-order valence-electron chi connectivity index (χ1n) is 10.5. The van der Waals surface area contributed by atoms with Crippen molar-refractivity contribution in [3.05, 3.63) is 58.1 Å². The predicted octanol–water partition coefficient (Wildman–Crippen LogP) is 5.81. The number of allylic oxidation sites excluding steroid dienone is 1. The lowest BCUT2D eigenvalue weighted by atomic mass is 9.82. The number of rotatable bonds is 3. The predicted molar refractivity (Wildman–Crippen MR) is 113 cm³/mol. The first-order valence-corrected chi connectivity index (χ1v) is 10.5. The van der Waals surface area contributed by atoms with Gasteiger partial charge in [0.25, 0.3) is 0 Å². The van der Waals surface area contributed by atoms with Crippen molar-refractivity contribution in [3.63, 3.8) is 0 Å². The van der Waals surface area contributed by atoms with E-state index in [1.165, 1.54) is 5.57 Å². The van der Waals surface area contributed by atoms with E-state index in [2.05, 4.69) is 17.3 Å². The molecule has 1 aliphatic carbocycles. The van der Waals surface area contributed by atoms with Crippen LogP contribution in [-0.2, 0) is 4.74 Å². The summed E-state index contributed by atoms with van der Waals surface area (Å²) in [5, 5.41) is 4.19. The number of methoxy groups -OCH3 is 1. The second kappa shape index (κ2) is 7.49. The molecule has 2 heterocycles. The van der Waals surface area contributed by atoms with Gasteiger partial charge in [0.05, 0.1) is 18.8 Å². The first-order chi connectivity index (χ1) is 14.2. The normalized spacial score (nSPS) is 21.2. The molecular formula is C24H30N2O4. The summed E-state index contributed by atoms with van der Waals surface area (Å²) in [6.07, 6.45) is 2.59. The second-order valence-corrected chi connectivity index (χ2v) is 9.11. The van der Waals surface area contributed by atoms with Gasteiger partial charge in [-0.3, -0.25) is 4.90 Å². The van der Waals surface area contributed by atoms with Crippen molar-refractivity contribution < 1.29 is 18.8 Å². The van der Waals surface area contributed by atoms with Crippen molar-refractivity contribution in [2.45, 2.75) is 71.4 Å². The van der Waals surface area contributed by atoms with Crippen LogP contribution < -0.4 is 4.74 Å². The molecule has 0 bridgehead atoms. The van der Waals surface area contributed by atoms with Gasteiger partial charge in [0.1, 0.15) is 17.1 Å². The first kappa shape index (κ1) is 20.5. The third kappa shape index (κ3) is 3.48. The summed E-state index contributed by atoms with van der Waals surface area (Å²) in [4.78, 5) is 15.3. The van der Waals surface area contributed by atoms with Gasteiger partial charge < -0.3 is 14.0 Å². The molecule has 1 aromatic heterocycles. The van der Waals surface area contributed by atoms with Crippen LogP contribution >= 0.6 is 0 Å². The largest absolute Gasteiger partial charge is 0.497 e. The molecule has 1 amide bonds. The van der Waals surface area contributed by atoms with Crippen molar-refractivity contribution in [1.82, 2.24) is 10.1 Å². The summed E-state index contributed by atoms with van der Waals surface area (Å²) in [6.45, 7) is 9.55. The van der Waals surface area contributed by atoms with E-state index in [1.54, 1.807) is 7.11 Å². The van der Waals surface area contributed by atoms with Gasteiger partial charge in [-0.1, -0.05) is 17.3 Å². The third-order valence-corrected chi connectivity index (χ3v) is 5.94. The van der Waals surface area contributed by atoms with E-state index in [0.29, 0.717) is 0 Å². The van der Waals surface area contributed by atoms with Gasteiger partial charge in [-0.25, -0.2) is 4.79 Å². The highest BCUT2D eigenvalue weighted by Gasteiger charge is 2.49. The minimum atomic E-state index is -0.572. The molecule has 160 valence electrons. The fraction of sp³-hybridized carbons (Fsp3) is 0.500. The van der Waals surface area contributed by atoms with Crippen LogP contribution in [0.15, 0.2) is 40.1 Å². The van der Waals surface area contributed by atoms with E-state index in [1.807, 2.05) is 51.7 Å². The van der Waals surface area contributed by atoms with E-state index >= 15 is 0 Å². The molecule has 0 fully saturated rings. The van der Waals surface area contributed by atoms with E-state index in [0.717, 1.165) is 53.3 Å². The molecular weight excluding hydrogens is 380 g/mol. The summed E-state index contributed by atoms with van der Waals surface area (Å²) in [7, 11) is 1.67. The molecule has 0 spiro atoms. The Kier molecular flexibility index (Phi) is 5.12. The number of aryl methyl sites for hydroxylation is 2. The van der Waals surface area contributed by atoms with Crippen LogP contribution in [0, 0.1) is 13.8 Å². The van der Waals surface area contributed by atoms with Crippen LogP contribution in [0.5, 0.6) is 5.75 Å². The Morgan fingerprint density at radius 3 is 2.43 bits per heavy atom. The van der Waals surface area contributed by atoms with Gasteiger partial charge in [0.2, 0.25) is 0 Å². The van der Waals surface area contributed by atoms with E-state index in [-0.39, 0.29) is 18.1 Å². The zero-order valence-corrected chi connectivity index (χ0v) is 18.6. The Bertz CT molecular complexity index is 962. The maximum absolute atomic E-state index is 13.4. The van der Waals surface area contributed by atoms with Crippen LogP contribution in [0.3, 0.4) is 0 Å². The smallest absolute Gasteiger partial charge is 0.415 e. The highest BCUT2D eigenvalue weighted by Crippen LogP contribution is 2.56. The molecule has 2 aliphatic rings. The quantitative estimate of drug-likeness (QED) is 0.638. The molecule has 0 saturated carbocycles. The molecule has 2 aromatic rings. The number of hydrogen-bond acceptors (Lipinski definition) is 5. The van der Waals surface area contributed by atoms with Gasteiger partial charge in [-0.2, -0.15) is 0 Å². The number of ether oxygens (including phenoxy) is 2. The van der Waals surface area contributed by atoms with Gasteiger partial charge in [-0.15, -0.1) is 0 Å². The summed E-state index contributed by atoms with van der Waals surface area (Å²) in [5.41, 5.74) is 4.77. The number of carbonyl (C=O) groups is 1. The van der Waals surface area contributed by atoms with Crippen molar-refractivity contribution in [2.75, 3.05) is 7.11 Å². The topological polar surface area (TPSA) is 64.8 Å². The molecule has 0 radical (unpaired) electrons. The van der Waals surface area contributed by atoms with E-state index in [9.17, 15) is 4.79 Å². The molecule has 6 heteroatoms. The van der Waals surface area contributed by atoms with Gasteiger partial charge in [-0.05, 0) is 77.2 Å².